The third-order valence-corrected chi connectivity index (χ3v) is 3.08. The minimum atomic E-state index is -0.482. The minimum Gasteiger partial charge on any atom is -0.461 e. The maximum atomic E-state index is 11.6. The van der Waals surface area contributed by atoms with Gasteiger partial charge >= 0.3 is 5.97 Å². The van der Waals surface area contributed by atoms with Crippen molar-refractivity contribution in [1.29, 1.82) is 5.26 Å². The number of nitrogen functional groups attached to an aromatic ring is 1. The Labute approximate surface area is 114 Å². The van der Waals surface area contributed by atoms with Gasteiger partial charge in [0.1, 0.15) is 0 Å². The predicted octanol–water partition coefficient (Wildman–Crippen LogP) is 2.00. The summed E-state index contributed by atoms with van der Waals surface area (Å²) in [5.74, 6) is -0.482. The van der Waals surface area contributed by atoms with E-state index < -0.39 is 5.97 Å². The molecule has 19 heavy (non-hydrogen) atoms. The Kier molecular flexibility index (Phi) is 4.11. The molecule has 0 saturated carbocycles. The Balaban J connectivity index is 1.86. The Bertz CT molecular complexity index is 631. The first-order chi connectivity index (χ1) is 9.19. The zero-order chi connectivity index (χ0) is 13.7. The number of rotatable bonds is 4. The predicted molar refractivity (Wildman–Crippen MR) is 71.7 cm³/mol. The standard InChI is InChI=1S/C13H11N3O2S/c14-7-10-3-1-2-9(6-10)4-5-18-12(17)11-8-19-13(15)16-11/h1-3,6,8H,4-5H2,(H2,15,16). The quantitative estimate of drug-likeness (QED) is 0.860. The number of hydrogen-bond acceptors (Lipinski definition) is 6. The Morgan fingerprint density at radius 2 is 2.37 bits per heavy atom. The van der Waals surface area contributed by atoms with Crippen molar-refractivity contribution in [2.75, 3.05) is 12.3 Å². The second kappa shape index (κ2) is 5.98. The average molecular weight is 273 g/mol. The lowest BCUT2D eigenvalue weighted by Crippen LogP contribution is -2.08. The molecule has 0 radical (unpaired) electrons. The van der Waals surface area contributed by atoms with Crippen LogP contribution in [0.25, 0.3) is 0 Å². The molecule has 2 rings (SSSR count). The van der Waals surface area contributed by atoms with Crippen LogP contribution in [0, 0.1) is 11.3 Å². The lowest BCUT2D eigenvalue weighted by molar-refractivity contribution is 0.0503. The number of nitrogens with zero attached hydrogens (tertiary/aromatic N) is 2. The van der Waals surface area contributed by atoms with Crippen molar-refractivity contribution in [2.45, 2.75) is 6.42 Å². The molecule has 1 heterocycles. The van der Waals surface area contributed by atoms with Crippen LogP contribution in [0.4, 0.5) is 5.13 Å². The van der Waals surface area contributed by atoms with E-state index in [-0.39, 0.29) is 12.3 Å². The Morgan fingerprint density at radius 3 is 3.05 bits per heavy atom. The average Bonchev–Trinajstić information content (AvgIpc) is 2.86. The van der Waals surface area contributed by atoms with Crippen LogP contribution in [0.15, 0.2) is 29.6 Å². The van der Waals surface area contributed by atoms with Crippen LogP contribution in [0.5, 0.6) is 0 Å². The molecule has 6 heteroatoms. The van der Waals surface area contributed by atoms with Gasteiger partial charge < -0.3 is 10.5 Å². The third kappa shape index (κ3) is 3.53. The van der Waals surface area contributed by atoms with Gasteiger partial charge in [-0.2, -0.15) is 5.26 Å². The number of ether oxygens (including phenoxy) is 1. The van der Waals surface area contributed by atoms with Gasteiger partial charge in [0.15, 0.2) is 10.8 Å². The summed E-state index contributed by atoms with van der Waals surface area (Å²) >= 11 is 1.20. The van der Waals surface area contributed by atoms with E-state index in [0.717, 1.165) is 5.56 Å². The molecule has 5 nitrogen and oxygen atoms in total. The molecule has 96 valence electrons. The first-order valence-corrected chi connectivity index (χ1v) is 6.44. The van der Waals surface area contributed by atoms with Crippen molar-refractivity contribution in [3.8, 4) is 6.07 Å². The van der Waals surface area contributed by atoms with Gasteiger partial charge in [0.2, 0.25) is 0 Å². The van der Waals surface area contributed by atoms with Gasteiger partial charge in [-0.05, 0) is 17.7 Å². The number of carbonyl (C=O) groups is 1. The number of aromatic nitrogens is 1. The van der Waals surface area contributed by atoms with Crippen LogP contribution in [-0.2, 0) is 11.2 Å². The zero-order valence-electron chi connectivity index (χ0n) is 10.00. The van der Waals surface area contributed by atoms with Crippen LogP contribution < -0.4 is 5.73 Å². The maximum Gasteiger partial charge on any atom is 0.357 e. The molecule has 0 fully saturated rings. The molecule has 2 N–H and O–H groups in total. The van der Waals surface area contributed by atoms with E-state index in [1.54, 1.807) is 23.6 Å². The summed E-state index contributed by atoms with van der Waals surface area (Å²) in [4.78, 5) is 15.4. The van der Waals surface area contributed by atoms with Crippen LogP contribution in [-0.4, -0.2) is 17.6 Å². The molecular formula is C13H11N3O2S. The normalized spacial score (nSPS) is 9.84. The fourth-order valence-corrected chi connectivity index (χ4v) is 2.05. The molecule has 0 unspecified atom stereocenters. The summed E-state index contributed by atoms with van der Waals surface area (Å²) in [6.45, 7) is 0.241. The number of anilines is 1. The van der Waals surface area contributed by atoms with E-state index in [1.807, 2.05) is 6.07 Å². The van der Waals surface area contributed by atoms with Crippen molar-refractivity contribution in [2.24, 2.45) is 0 Å². The van der Waals surface area contributed by atoms with Gasteiger partial charge in [0, 0.05) is 11.8 Å². The molecule has 0 aliphatic carbocycles. The molecule has 0 aliphatic heterocycles. The second-order valence-electron chi connectivity index (χ2n) is 3.77. The maximum absolute atomic E-state index is 11.6. The third-order valence-electron chi connectivity index (χ3n) is 2.41. The fourth-order valence-electron chi connectivity index (χ4n) is 1.51. The number of hydrogen-bond donors (Lipinski definition) is 1. The fraction of sp³-hybridized carbons (Fsp3) is 0.154. The zero-order valence-corrected chi connectivity index (χ0v) is 10.8. The number of esters is 1. The molecule has 0 bridgehead atoms. The van der Waals surface area contributed by atoms with Crippen molar-refractivity contribution in [3.05, 3.63) is 46.5 Å². The van der Waals surface area contributed by atoms with Crippen molar-refractivity contribution in [1.82, 2.24) is 4.98 Å². The highest BCUT2D eigenvalue weighted by molar-refractivity contribution is 7.13. The van der Waals surface area contributed by atoms with Crippen LogP contribution >= 0.6 is 11.3 Å². The van der Waals surface area contributed by atoms with E-state index in [0.29, 0.717) is 17.1 Å². The molecule has 0 spiro atoms. The molecule has 1 aromatic carbocycles. The molecular weight excluding hydrogens is 262 g/mol. The summed E-state index contributed by atoms with van der Waals surface area (Å²) in [5, 5.41) is 10.7. The number of carbonyl (C=O) groups excluding carboxylic acids is 1. The minimum absolute atomic E-state index is 0.230. The van der Waals surface area contributed by atoms with Gasteiger partial charge in [-0.1, -0.05) is 12.1 Å². The molecule has 2 aromatic rings. The summed E-state index contributed by atoms with van der Waals surface area (Å²) in [7, 11) is 0. The molecule has 0 amide bonds. The highest BCUT2D eigenvalue weighted by atomic mass is 32.1. The number of thiazole rings is 1. The first kappa shape index (κ1) is 13.1. The largest absolute Gasteiger partial charge is 0.461 e. The van der Waals surface area contributed by atoms with Crippen LogP contribution in [0.3, 0.4) is 0 Å². The summed E-state index contributed by atoms with van der Waals surface area (Å²) in [5.41, 5.74) is 7.21. The van der Waals surface area contributed by atoms with Crippen molar-refractivity contribution < 1.29 is 9.53 Å². The smallest absolute Gasteiger partial charge is 0.357 e. The Hall–Kier alpha value is -2.39. The monoisotopic (exact) mass is 273 g/mol. The van der Waals surface area contributed by atoms with E-state index in [9.17, 15) is 4.79 Å². The van der Waals surface area contributed by atoms with Crippen LogP contribution in [0.1, 0.15) is 21.6 Å². The van der Waals surface area contributed by atoms with E-state index in [1.165, 1.54) is 11.3 Å². The number of benzene rings is 1. The lowest BCUT2D eigenvalue weighted by Gasteiger charge is -2.03. The molecule has 1 aromatic heterocycles. The topological polar surface area (TPSA) is 89.0 Å². The Morgan fingerprint density at radius 1 is 1.53 bits per heavy atom. The summed E-state index contributed by atoms with van der Waals surface area (Å²) in [6.07, 6.45) is 0.556. The molecule has 0 aliphatic rings. The van der Waals surface area contributed by atoms with E-state index in [4.69, 9.17) is 15.7 Å². The van der Waals surface area contributed by atoms with E-state index in [2.05, 4.69) is 11.1 Å². The van der Waals surface area contributed by atoms with E-state index >= 15 is 0 Å². The highest BCUT2D eigenvalue weighted by Gasteiger charge is 2.10. The second-order valence-corrected chi connectivity index (χ2v) is 4.66. The SMILES string of the molecule is N#Cc1cccc(CCOC(=O)c2csc(N)n2)c1. The van der Waals surface area contributed by atoms with Crippen molar-refractivity contribution in [3.63, 3.8) is 0 Å². The van der Waals surface area contributed by atoms with Gasteiger partial charge in [0.25, 0.3) is 0 Å². The number of nitriles is 1. The van der Waals surface area contributed by atoms with Crippen molar-refractivity contribution >= 4 is 22.4 Å². The van der Waals surface area contributed by atoms with Crippen LogP contribution in [0.2, 0.25) is 0 Å². The summed E-state index contributed by atoms with van der Waals surface area (Å²) in [6, 6.07) is 9.25. The number of nitrogens with two attached hydrogens (primary N) is 1. The lowest BCUT2D eigenvalue weighted by atomic mass is 10.1. The molecule has 0 atom stereocenters. The summed E-state index contributed by atoms with van der Waals surface area (Å²) < 4.78 is 5.09. The van der Waals surface area contributed by atoms with Gasteiger partial charge in [-0.15, -0.1) is 11.3 Å². The molecule has 0 saturated heterocycles. The van der Waals surface area contributed by atoms with Gasteiger partial charge in [-0.3, -0.25) is 0 Å². The highest BCUT2D eigenvalue weighted by Crippen LogP contribution is 2.12. The first-order valence-electron chi connectivity index (χ1n) is 5.56. The van der Waals surface area contributed by atoms with Gasteiger partial charge in [-0.25, -0.2) is 9.78 Å². The van der Waals surface area contributed by atoms with Gasteiger partial charge in [0.05, 0.1) is 18.2 Å².